The fourth-order valence-corrected chi connectivity index (χ4v) is 2.67. The van der Waals surface area contributed by atoms with Crippen molar-refractivity contribution in [1.82, 2.24) is 25.5 Å². The Morgan fingerprint density at radius 2 is 2.12 bits per heavy atom. The molecular weight excluding hydrogens is 326 g/mol. The van der Waals surface area contributed by atoms with E-state index in [-0.39, 0.29) is 17.7 Å². The van der Waals surface area contributed by atoms with E-state index in [9.17, 15) is 4.79 Å². The molecule has 1 N–H and O–H groups in total. The van der Waals surface area contributed by atoms with E-state index >= 15 is 0 Å². The Bertz CT molecular complexity index is 702. The summed E-state index contributed by atoms with van der Waals surface area (Å²) in [4.78, 5) is 12.0. The molecule has 1 heterocycles. The van der Waals surface area contributed by atoms with Crippen molar-refractivity contribution in [2.45, 2.75) is 38.9 Å². The molecule has 0 aliphatic carbocycles. The standard InChI is InChI=1S/C16H23N5O2S/c1-10(2)12(4)17-15(22)9-24-16-18-19-20-21(16)13-8-11(3)6-7-14(13)23-5/h6-8,10,12H,9H2,1-5H3,(H,17,22)/t12-/m0/s1. The largest absolute Gasteiger partial charge is 0.494 e. The van der Waals surface area contributed by atoms with Crippen LogP contribution >= 0.6 is 11.8 Å². The molecule has 0 bridgehead atoms. The molecule has 1 aromatic carbocycles. The number of carbonyl (C=O) groups is 1. The van der Waals surface area contributed by atoms with Gasteiger partial charge in [-0.2, -0.15) is 4.68 Å². The van der Waals surface area contributed by atoms with Gasteiger partial charge in [-0.05, 0) is 47.9 Å². The predicted molar refractivity (Wildman–Crippen MR) is 93.6 cm³/mol. The van der Waals surface area contributed by atoms with Gasteiger partial charge >= 0.3 is 0 Å². The van der Waals surface area contributed by atoms with E-state index in [1.807, 2.05) is 32.0 Å². The molecule has 0 radical (unpaired) electrons. The lowest BCUT2D eigenvalue weighted by atomic mass is 10.1. The molecule has 1 amide bonds. The van der Waals surface area contributed by atoms with Crippen LogP contribution in [0.15, 0.2) is 23.4 Å². The molecule has 7 nitrogen and oxygen atoms in total. The molecule has 0 unspecified atom stereocenters. The Balaban J connectivity index is 2.11. The number of aromatic nitrogens is 4. The molecular formula is C16H23N5O2S. The minimum absolute atomic E-state index is 0.0352. The number of nitrogens with one attached hydrogen (secondary N) is 1. The van der Waals surface area contributed by atoms with Crippen molar-refractivity contribution < 1.29 is 9.53 Å². The van der Waals surface area contributed by atoms with Crippen LogP contribution in [0.3, 0.4) is 0 Å². The van der Waals surface area contributed by atoms with Crippen molar-refractivity contribution in [3.63, 3.8) is 0 Å². The van der Waals surface area contributed by atoms with Crippen LogP contribution in [0.1, 0.15) is 26.3 Å². The normalized spacial score (nSPS) is 12.2. The van der Waals surface area contributed by atoms with Gasteiger partial charge in [-0.15, -0.1) is 5.10 Å². The van der Waals surface area contributed by atoms with Gasteiger partial charge in [0.2, 0.25) is 11.1 Å². The lowest BCUT2D eigenvalue weighted by Crippen LogP contribution is -2.37. The number of methoxy groups -OCH3 is 1. The highest BCUT2D eigenvalue weighted by molar-refractivity contribution is 7.99. The van der Waals surface area contributed by atoms with Gasteiger partial charge in [0.15, 0.2) is 0 Å². The average Bonchev–Trinajstić information content (AvgIpc) is 3.01. The van der Waals surface area contributed by atoms with Gasteiger partial charge in [-0.3, -0.25) is 4.79 Å². The van der Waals surface area contributed by atoms with Crippen LogP contribution in [0.2, 0.25) is 0 Å². The van der Waals surface area contributed by atoms with Crippen LogP contribution < -0.4 is 10.1 Å². The molecule has 1 atom stereocenters. The number of tetrazole rings is 1. The summed E-state index contributed by atoms with van der Waals surface area (Å²) in [7, 11) is 1.60. The Kier molecular flexibility index (Phi) is 6.19. The number of carbonyl (C=O) groups excluding carboxylic acids is 1. The van der Waals surface area contributed by atoms with Gasteiger partial charge in [0.1, 0.15) is 11.4 Å². The number of rotatable bonds is 7. The van der Waals surface area contributed by atoms with Gasteiger partial charge in [0, 0.05) is 6.04 Å². The van der Waals surface area contributed by atoms with E-state index < -0.39 is 0 Å². The van der Waals surface area contributed by atoms with Crippen molar-refractivity contribution in [3.05, 3.63) is 23.8 Å². The van der Waals surface area contributed by atoms with Gasteiger partial charge in [-0.25, -0.2) is 0 Å². The first kappa shape index (κ1) is 18.3. The number of benzene rings is 1. The van der Waals surface area contributed by atoms with Crippen molar-refractivity contribution >= 4 is 17.7 Å². The smallest absolute Gasteiger partial charge is 0.230 e. The van der Waals surface area contributed by atoms with Gasteiger partial charge in [0.05, 0.1) is 12.9 Å². The summed E-state index contributed by atoms with van der Waals surface area (Å²) in [6.07, 6.45) is 0. The minimum Gasteiger partial charge on any atom is -0.494 e. The van der Waals surface area contributed by atoms with E-state index in [0.29, 0.717) is 16.8 Å². The monoisotopic (exact) mass is 349 g/mol. The van der Waals surface area contributed by atoms with Crippen LogP contribution in [0.4, 0.5) is 0 Å². The molecule has 2 rings (SSSR count). The second-order valence-corrected chi connectivity index (χ2v) is 6.88. The Morgan fingerprint density at radius 3 is 2.79 bits per heavy atom. The summed E-state index contributed by atoms with van der Waals surface area (Å²) >= 11 is 1.29. The molecule has 24 heavy (non-hydrogen) atoms. The van der Waals surface area contributed by atoms with E-state index in [4.69, 9.17) is 4.74 Å². The highest BCUT2D eigenvalue weighted by Crippen LogP contribution is 2.26. The maximum absolute atomic E-state index is 12.0. The first-order valence-corrected chi connectivity index (χ1v) is 8.76. The SMILES string of the molecule is COc1ccc(C)cc1-n1nnnc1SCC(=O)N[C@@H](C)C(C)C. The van der Waals surface area contributed by atoms with Crippen LogP contribution in [-0.2, 0) is 4.79 Å². The van der Waals surface area contributed by atoms with Gasteiger partial charge in [0.25, 0.3) is 0 Å². The Labute approximate surface area is 146 Å². The zero-order chi connectivity index (χ0) is 17.7. The van der Waals surface area contributed by atoms with Crippen LogP contribution in [-0.4, -0.2) is 45.0 Å². The first-order valence-electron chi connectivity index (χ1n) is 7.78. The summed E-state index contributed by atoms with van der Waals surface area (Å²) in [6, 6.07) is 5.91. The number of hydrogen-bond donors (Lipinski definition) is 1. The number of aryl methyl sites for hydroxylation is 1. The van der Waals surface area contributed by atoms with Crippen molar-refractivity contribution in [2.75, 3.05) is 12.9 Å². The van der Waals surface area contributed by atoms with E-state index in [0.717, 1.165) is 11.3 Å². The van der Waals surface area contributed by atoms with Crippen LogP contribution in [0.5, 0.6) is 5.75 Å². The maximum Gasteiger partial charge on any atom is 0.230 e. The third-order valence-electron chi connectivity index (χ3n) is 3.72. The zero-order valence-corrected chi connectivity index (χ0v) is 15.4. The molecule has 0 aliphatic rings. The number of thioether (sulfide) groups is 1. The molecule has 0 saturated carbocycles. The van der Waals surface area contributed by atoms with Gasteiger partial charge in [-0.1, -0.05) is 31.7 Å². The minimum atomic E-state index is -0.0352. The molecule has 0 saturated heterocycles. The molecule has 8 heteroatoms. The van der Waals surface area contributed by atoms with Crippen molar-refractivity contribution in [2.24, 2.45) is 5.92 Å². The number of amides is 1. The van der Waals surface area contributed by atoms with Crippen molar-refractivity contribution in [1.29, 1.82) is 0 Å². The molecule has 2 aromatic rings. The quantitative estimate of drug-likeness (QED) is 0.772. The average molecular weight is 349 g/mol. The lowest BCUT2D eigenvalue weighted by Gasteiger charge is -2.17. The fraction of sp³-hybridized carbons (Fsp3) is 0.500. The second kappa shape index (κ2) is 8.14. The summed E-state index contributed by atoms with van der Waals surface area (Å²) < 4.78 is 6.97. The maximum atomic E-state index is 12.0. The third-order valence-corrected chi connectivity index (χ3v) is 4.64. The Morgan fingerprint density at radius 1 is 1.38 bits per heavy atom. The molecule has 0 spiro atoms. The van der Waals surface area contributed by atoms with E-state index in [1.54, 1.807) is 11.8 Å². The van der Waals surface area contributed by atoms with Crippen molar-refractivity contribution in [3.8, 4) is 11.4 Å². The summed E-state index contributed by atoms with van der Waals surface area (Å²) in [5.74, 6) is 1.28. The van der Waals surface area contributed by atoms with Crippen LogP contribution in [0, 0.1) is 12.8 Å². The highest BCUT2D eigenvalue weighted by atomic mass is 32.2. The van der Waals surface area contributed by atoms with E-state index in [2.05, 4.69) is 34.7 Å². The molecule has 130 valence electrons. The lowest BCUT2D eigenvalue weighted by molar-refractivity contribution is -0.119. The molecule has 0 fully saturated rings. The fourth-order valence-electron chi connectivity index (χ4n) is 1.98. The van der Waals surface area contributed by atoms with Gasteiger partial charge < -0.3 is 10.1 Å². The third kappa shape index (κ3) is 4.47. The van der Waals surface area contributed by atoms with E-state index in [1.165, 1.54) is 11.8 Å². The predicted octanol–water partition coefficient (Wildman–Crippen LogP) is 2.23. The number of nitrogens with zero attached hydrogens (tertiary/aromatic N) is 4. The highest BCUT2D eigenvalue weighted by Gasteiger charge is 2.16. The summed E-state index contributed by atoms with van der Waals surface area (Å²) in [6.45, 7) is 8.13. The first-order chi connectivity index (χ1) is 11.4. The topological polar surface area (TPSA) is 81.9 Å². The van der Waals surface area contributed by atoms with Crippen LogP contribution in [0.25, 0.3) is 5.69 Å². The second-order valence-electron chi connectivity index (χ2n) is 5.94. The molecule has 1 aromatic heterocycles. The molecule has 0 aliphatic heterocycles. The number of hydrogen-bond acceptors (Lipinski definition) is 6. The number of ether oxygens (including phenoxy) is 1. The summed E-state index contributed by atoms with van der Waals surface area (Å²) in [5, 5.41) is 15.3. The summed E-state index contributed by atoms with van der Waals surface area (Å²) in [5.41, 5.74) is 1.82. The Hall–Kier alpha value is -2.09. The zero-order valence-electron chi connectivity index (χ0n) is 14.6.